The summed E-state index contributed by atoms with van der Waals surface area (Å²) in [5.74, 6) is 1.02. The molecule has 0 saturated carbocycles. The summed E-state index contributed by atoms with van der Waals surface area (Å²) in [6.07, 6.45) is 43.4. The molecule has 2 rings (SSSR count). The first-order chi connectivity index (χ1) is 31.3. The molecule has 2 aliphatic rings. The van der Waals surface area contributed by atoms with Gasteiger partial charge in [-0.15, -0.1) is 0 Å². The predicted octanol–water partition coefficient (Wildman–Crippen LogP) is 15.2. The van der Waals surface area contributed by atoms with Crippen LogP contribution in [0.3, 0.4) is 0 Å². The van der Waals surface area contributed by atoms with E-state index in [-0.39, 0.29) is 18.0 Å². The van der Waals surface area contributed by atoms with E-state index < -0.39 is 5.79 Å². The summed E-state index contributed by atoms with van der Waals surface area (Å²) in [7, 11) is 2.22. The van der Waals surface area contributed by atoms with Gasteiger partial charge in [-0.2, -0.15) is 0 Å². The van der Waals surface area contributed by atoms with Crippen LogP contribution in [-0.2, 0) is 28.5 Å². The van der Waals surface area contributed by atoms with Gasteiger partial charge in [0.2, 0.25) is 0 Å². The maximum absolute atomic E-state index is 12.4. The van der Waals surface area contributed by atoms with Gasteiger partial charge in [0.15, 0.2) is 5.79 Å². The van der Waals surface area contributed by atoms with Gasteiger partial charge in [0.05, 0.1) is 25.9 Å². The highest BCUT2D eigenvalue weighted by Crippen LogP contribution is 2.36. The summed E-state index contributed by atoms with van der Waals surface area (Å²) in [6, 6.07) is 0. The van der Waals surface area contributed by atoms with E-state index in [1.54, 1.807) is 0 Å². The van der Waals surface area contributed by atoms with Gasteiger partial charge < -0.3 is 28.7 Å². The Hall–Kier alpha value is -1.22. The number of likely N-dealkylation sites (N-methyl/N-ethyl adjacent to an activating group) is 1. The lowest BCUT2D eigenvalue weighted by atomic mass is 9.92. The second-order valence-corrected chi connectivity index (χ2v) is 20.6. The average Bonchev–Trinajstić information content (AvgIpc) is 3.70. The quantitative estimate of drug-likeness (QED) is 0.0442. The monoisotopic (exact) mass is 905 g/mol. The first-order valence-electron chi connectivity index (χ1n) is 28.4. The van der Waals surface area contributed by atoms with Crippen LogP contribution in [0.15, 0.2) is 0 Å². The number of hydrogen-bond acceptors (Lipinski definition) is 8. The smallest absolute Gasteiger partial charge is 0.305 e. The summed E-state index contributed by atoms with van der Waals surface area (Å²) in [5, 5.41) is 0. The molecular formula is C56H108N2O6. The van der Waals surface area contributed by atoms with Gasteiger partial charge in [0.1, 0.15) is 0 Å². The van der Waals surface area contributed by atoms with Crippen LogP contribution in [0, 0.1) is 11.8 Å². The highest BCUT2D eigenvalue weighted by molar-refractivity contribution is 5.69. The zero-order chi connectivity index (χ0) is 46.2. The van der Waals surface area contributed by atoms with E-state index >= 15 is 0 Å². The summed E-state index contributed by atoms with van der Waals surface area (Å²) in [6.45, 7) is 16.7. The van der Waals surface area contributed by atoms with Crippen LogP contribution in [-0.4, -0.2) is 93.2 Å². The molecule has 2 aliphatic heterocycles. The summed E-state index contributed by atoms with van der Waals surface area (Å²) in [5.41, 5.74) is 0. The molecule has 64 heavy (non-hydrogen) atoms. The number of ether oxygens (including phenoxy) is 4. The molecule has 8 heteroatoms. The number of unbranched alkanes of at least 4 members (excludes halogenated alkanes) is 20. The van der Waals surface area contributed by atoms with Gasteiger partial charge in [-0.25, -0.2) is 0 Å². The number of carbonyl (C=O) groups is 2. The third kappa shape index (κ3) is 31.7. The lowest BCUT2D eigenvalue weighted by Gasteiger charge is -2.33. The maximum Gasteiger partial charge on any atom is 0.305 e. The van der Waals surface area contributed by atoms with E-state index in [0.717, 1.165) is 110 Å². The molecule has 1 unspecified atom stereocenters. The van der Waals surface area contributed by atoms with E-state index in [0.29, 0.717) is 37.9 Å². The molecule has 2 heterocycles. The molecule has 0 aliphatic carbocycles. The van der Waals surface area contributed by atoms with Crippen LogP contribution in [0.2, 0.25) is 0 Å². The minimum absolute atomic E-state index is 0.00299. The predicted molar refractivity (Wildman–Crippen MR) is 270 cm³/mol. The van der Waals surface area contributed by atoms with Gasteiger partial charge in [0.25, 0.3) is 0 Å². The molecule has 0 aromatic carbocycles. The van der Waals surface area contributed by atoms with Crippen LogP contribution < -0.4 is 0 Å². The first kappa shape index (κ1) is 58.9. The number of carbonyl (C=O) groups excluding carboxylic acids is 2. The fourth-order valence-electron chi connectivity index (χ4n) is 10.1. The van der Waals surface area contributed by atoms with E-state index in [9.17, 15) is 9.59 Å². The molecule has 0 aromatic rings. The molecule has 0 radical (unpaired) electrons. The summed E-state index contributed by atoms with van der Waals surface area (Å²) >= 11 is 0. The fourth-order valence-corrected chi connectivity index (χ4v) is 10.1. The van der Waals surface area contributed by atoms with Crippen molar-refractivity contribution in [3.05, 3.63) is 0 Å². The number of hydrogen-bond donors (Lipinski definition) is 0. The van der Waals surface area contributed by atoms with Gasteiger partial charge in [0, 0.05) is 58.4 Å². The van der Waals surface area contributed by atoms with Crippen LogP contribution in [0.5, 0.6) is 0 Å². The molecule has 2 saturated heterocycles. The maximum atomic E-state index is 12.4. The Kier molecular flexibility index (Phi) is 37.6. The molecule has 0 spiro atoms. The van der Waals surface area contributed by atoms with Crippen molar-refractivity contribution in [2.45, 2.75) is 277 Å². The van der Waals surface area contributed by atoms with Crippen molar-refractivity contribution in [2.24, 2.45) is 11.8 Å². The van der Waals surface area contributed by atoms with Gasteiger partial charge >= 0.3 is 11.9 Å². The zero-order valence-corrected chi connectivity index (χ0v) is 43.4. The molecule has 0 aromatic heterocycles. The van der Waals surface area contributed by atoms with Gasteiger partial charge in [-0.05, 0) is 63.8 Å². The second kappa shape index (κ2) is 40.8. The van der Waals surface area contributed by atoms with E-state index in [1.807, 2.05) is 0 Å². The Morgan fingerprint density at radius 3 is 1.31 bits per heavy atom. The van der Waals surface area contributed by atoms with Crippen LogP contribution in [0.4, 0.5) is 0 Å². The topological polar surface area (TPSA) is 77.5 Å². The Labute approximate surface area is 397 Å². The zero-order valence-electron chi connectivity index (χ0n) is 43.4. The van der Waals surface area contributed by atoms with E-state index in [2.05, 4.69) is 44.5 Å². The van der Waals surface area contributed by atoms with Crippen LogP contribution in [0.25, 0.3) is 0 Å². The molecule has 0 N–H and O–H groups in total. The Morgan fingerprint density at radius 2 is 0.906 bits per heavy atom. The van der Waals surface area contributed by atoms with Crippen molar-refractivity contribution in [1.82, 2.24) is 9.80 Å². The number of piperazine rings is 1. The highest BCUT2D eigenvalue weighted by atomic mass is 16.7. The molecule has 0 bridgehead atoms. The largest absolute Gasteiger partial charge is 0.466 e. The van der Waals surface area contributed by atoms with Crippen molar-refractivity contribution in [3.63, 3.8) is 0 Å². The number of rotatable bonds is 45. The third-order valence-corrected chi connectivity index (χ3v) is 14.6. The molecule has 0 amide bonds. The lowest BCUT2D eigenvalue weighted by molar-refractivity contribution is -0.180. The standard InChI is InChI=1S/C56H108N2O6/c1-6-10-24-32-51(33-25-11-7-2)39-48-61-54(59)36-28-20-16-14-18-22-30-41-56(63-50-53(64-56)38-43-58-46-44-57(5)45-47-58)42-31-23-19-15-17-21-29-37-55(60)62-49-40-52(34-26-12-8-3)35-27-13-9-4/h51-53H,6-50H2,1-5H3. The molecule has 1 atom stereocenters. The average molecular weight is 905 g/mol. The minimum atomic E-state index is -0.413. The van der Waals surface area contributed by atoms with Crippen molar-refractivity contribution >= 4 is 11.9 Å². The lowest BCUT2D eigenvalue weighted by Crippen LogP contribution is -2.45. The molecule has 2 fully saturated rings. The van der Waals surface area contributed by atoms with Gasteiger partial charge in [-0.3, -0.25) is 9.59 Å². The van der Waals surface area contributed by atoms with E-state index in [4.69, 9.17) is 18.9 Å². The Balaban J connectivity index is 1.61. The van der Waals surface area contributed by atoms with E-state index in [1.165, 1.54) is 154 Å². The van der Waals surface area contributed by atoms with Crippen molar-refractivity contribution in [2.75, 3.05) is 59.6 Å². The molecule has 378 valence electrons. The highest BCUT2D eigenvalue weighted by Gasteiger charge is 2.40. The SMILES string of the molecule is CCCCCC(CCCCC)CCOC(=O)CCCCCCCCCC1(CCCCCCCCCC(=O)OCCC(CCCCC)CCCCC)OCC(CCN2CCN(C)CC2)O1. The van der Waals surface area contributed by atoms with Crippen molar-refractivity contribution < 1.29 is 28.5 Å². The fraction of sp³-hybridized carbons (Fsp3) is 0.964. The first-order valence-corrected chi connectivity index (χ1v) is 28.4. The number of esters is 2. The normalized spacial score (nSPS) is 17.0. The summed E-state index contributed by atoms with van der Waals surface area (Å²) < 4.78 is 24.8. The second-order valence-electron chi connectivity index (χ2n) is 20.6. The number of nitrogens with zero attached hydrogens (tertiary/aromatic N) is 2. The van der Waals surface area contributed by atoms with Crippen LogP contribution >= 0.6 is 0 Å². The Bertz CT molecular complexity index is 986. The van der Waals surface area contributed by atoms with Gasteiger partial charge in [-0.1, -0.05) is 195 Å². The third-order valence-electron chi connectivity index (χ3n) is 14.6. The summed E-state index contributed by atoms with van der Waals surface area (Å²) in [4.78, 5) is 29.9. The molecule has 8 nitrogen and oxygen atoms in total. The van der Waals surface area contributed by atoms with Crippen molar-refractivity contribution in [3.8, 4) is 0 Å². The molecular weight excluding hydrogens is 797 g/mol. The van der Waals surface area contributed by atoms with Crippen molar-refractivity contribution in [1.29, 1.82) is 0 Å². The Morgan fingerprint density at radius 1 is 0.516 bits per heavy atom. The minimum Gasteiger partial charge on any atom is -0.466 e. The van der Waals surface area contributed by atoms with Crippen LogP contribution in [0.1, 0.15) is 265 Å².